The lowest BCUT2D eigenvalue weighted by Gasteiger charge is -2.30. The minimum absolute atomic E-state index is 0.00458. The number of hydrogen-bond acceptors (Lipinski definition) is 2. The molecule has 1 aromatic rings. The van der Waals surface area contributed by atoms with Crippen LogP contribution >= 0.6 is 0 Å². The zero-order chi connectivity index (χ0) is 10.8. The minimum atomic E-state index is -0.437. The van der Waals surface area contributed by atoms with Gasteiger partial charge in [-0.05, 0) is 25.1 Å². The van der Waals surface area contributed by atoms with Crippen LogP contribution in [0.2, 0.25) is 0 Å². The molecule has 2 atom stereocenters. The van der Waals surface area contributed by atoms with Gasteiger partial charge in [-0.25, -0.2) is 8.78 Å². The number of benzene rings is 1. The van der Waals surface area contributed by atoms with Crippen LogP contribution in [0.1, 0.15) is 18.6 Å². The summed E-state index contributed by atoms with van der Waals surface area (Å²) in [5, 5.41) is 3.16. The van der Waals surface area contributed by atoms with Crippen molar-refractivity contribution in [2.45, 2.75) is 19.1 Å². The molecule has 1 fully saturated rings. The van der Waals surface area contributed by atoms with E-state index in [2.05, 4.69) is 5.32 Å². The molecule has 0 saturated carbocycles. The summed E-state index contributed by atoms with van der Waals surface area (Å²) >= 11 is 0. The van der Waals surface area contributed by atoms with Crippen molar-refractivity contribution in [2.24, 2.45) is 0 Å². The Morgan fingerprint density at radius 2 is 2.20 bits per heavy atom. The van der Waals surface area contributed by atoms with Crippen LogP contribution in [-0.2, 0) is 4.74 Å². The Hall–Kier alpha value is -1.00. The molecule has 1 saturated heterocycles. The lowest BCUT2D eigenvalue weighted by molar-refractivity contribution is -0.00244. The summed E-state index contributed by atoms with van der Waals surface area (Å²) in [5.41, 5.74) is 0.287. The molecule has 0 aliphatic carbocycles. The van der Waals surface area contributed by atoms with Crippen LogP contribution in [-0.4, -0.2) is 19.2 Å². The van der Waals surface area contributed by atoms with Crippen molar-refractivity contribution < 1.29 is 13.5 Å². The molecule has 2 rings (SSSR count). The van der Waals surface area contributed by atoms with E-state index in [4.69, 9.17) is 4.74 Å². The molecule has 1 aliphatic heterocycles. The van der Waals surface area contributed by atoms with Crippen molar-refractivity contribution in [3.05, 3.63) is 35.4 Å². The van der Waals surface area contributed by atoms with Gasteiger partial charge in [-0.1, -0.05) is 0 Å². The van der Waals surface area contributed by atoms with Crippen LogP contribution in [0.4, 0.5) is 8.78 Å². The van der Waals surface area contributed by atoms with Crippen molar-refractivity contribution >= 4 is 0 Å². The second-order valence-electron chi connectivity index (χ2n) is 3.70. The van der Waals surface area contributed by atoms with E-state index in [0.717, 1.165) is 18.7 Å². The molecule has 1 heterocycles. The Morgan fingerprint density at radius 1 is 1.40 bits per heavy atom. The van der Waals surface area contributed by atoms with Gasteiger partial charge in [0, 0.05) is 18.2 Å². The highest BCUT2D eigenvalue weighted by atomic mass is 19.1. The fraction of sp³-hybridized carbons (Fsp3) is 0.455. The molecule has 0 aromatic heterocycles. The number of rotatable bonds is 1. The molecule has 82 valence electrons. The number of hydrogen-bond donors (Lipinski definition) is 1. The maximum absolute atomic E-state index is 13.5. The molecule has 1 aromatic carbocycles. The van der Waals surface area contributed by atoms with Crippen LogP contribution in [0.25, 0.3) is 0 Å². The van der Waals surface area contributed by atoms with Gasteiger partial charge in [0.15, 0.2) is 0 Å². The summed E-state index contributed by atoms with van der Waals surface area (Å²) in [6.45, 7) is 3.16. The van der Waals surface area contributed by atoms with E-state index in [9.17, 15) is 8.78 Å². The Bertz CT molecular complexity index is 356. The average molecular weight is 213 g/mol. The second-order valence-corrected chi connectivity index (χ2v) is 3.70. The predicted molar refractivity (Wildman–Crippen MR) is 52.5 cm³/mol. The van der Waals surface area contributed by atoms with E-state index >= 15 is 0 Å². The molecule has 15 heavy (non-hydrogen) atoms. The van der Waals surface area contributed by atoms with Gasteiger partial charge in [0.1, 0.15) is 17.7 Å². The van der Waals surface area contributed by atoms with Crippen molar-refractivity contribution in [3.63, 3.8) is 0 Å². The molecular formula is C11H13F2NO. The van der Waals surface area contributed by atoms with Gasteiger partial charge in [0.05, 0.1) is 6.61 Å². The third kappa shape index (κ3) is 2.16. The number of morpholine rings is 1. The van der Waals surface area contributed by atoms with Gasteiger partial charge in [0.2, 0.25) is 0 Å². The summed E-state index contributed by atoms with van der Waals surface area (Å²) in [6, 6.07) is 3.44. The highest BCUT2D eigenvalue weighted by Gasteiger charge is 2.26. The monoisotopic (exact) mass is 213 g/mol. The summed E-state index contributed by atoms with van der Waals surface area (Å²) < 4.78 is 31.9. The van der Waals surface area contributed by atoms with Gasteiger partial charge in [0.25, 0.3) is 0 Å². The van der Waals surface area contributed by atoms with Gasteiger partial charge in [-0.2, -0.15) is 0 Å². The fourth-order valence-corrected chi connectivity index (χ4v) is 1.82. The van der Waals surface area contributed by atoms with Crippen molar-refractivity contribution in [1.82, 2.24) is 5.32 Å². The normalized spacial score (nSPS) is 26.6. The summed E-state index contributed by atoms with van der Waals surface area (Å²) in [7, 11) is 0. The van der Waals surface area contributed by atoms with Crippen LogP contribution in [0.15, 0.2) is 18.2 Å². The molecule has 0 radical (unpaired) electrons. The first kappa shape index (κ1) is 10.5. The molecule has 0 spiro atoms. The molecule has 1 N–H and O–H groups in total. The van der Waals surface area contributed by atoms with Crippen LogP contribution in [0.5, 0.6) is 0 Å². The maximum Gasteiger partial charge on any atom is 0.129 e. The molecule has 4 heteroatoms. The largest absolute Gasteiger partial charge is 0.370 e. The van der Waals surface area contributed by atoms with Crippen molar-refractivity contribution in [3.8, 4) is 0 Å². The number of nitrogens with one attached hydrogen (secondary N) is 1. The quantitative estimate of drug-likeness (QED) is 0.770. The lowest BCUT2D eigenvalue weighted by Crippen LogP contribution is -2.41. The highest BCUT2D eigenvalue weighted by Crippen LogP contribution is 2.26. The van der Waals surface area contributed by atoms with Crippen LogP contribution in [0.3, 0.4) is 0 Å². The second kappa shape index (κ2) is 4.24. The molecule has 2 unspecified atom stereocenters. The molecule has 0 amide bonds. The van der Waals surface area contributed by atoms with Crippen molar-refractivity contribution in [2.75, 3.05) is 13.2 Å². The fourth-order valence-electron chi connectivity index (χ4n) is 1.82. The molecule has 0 bridgehead atoms. The predicted octanol–water partition coefficient (Wildman–Crippen LogP) is 2.01. The first-order valence-electron chi connectivity index (χ1n) is 4.98. The van der Waals surface area contributed by atoms with E-state index in [0.29, 0.717) is 6.61 Å². The standard InChI is InChI=1S/C11H13F2NO/c1-7-11(15-5-4-14-7)9-6-8(12)2-3-10(9)13/h2-3,6-7,11,14H,4-5H2,1H3. The van der Waals surface area contributed by atoms with E-state index in [-0.39, 0.29) is 11.6 Å². The average Bonchev–Trinajstić information content (AvgIpc) is 2.23. The third-order valence-corrected chi connectivity index (χ3v) is 2.58. The highest BCUT2D eigenvalue weighted by molar-refractivity contribution is 5.22. The van der Waals surface area contributed by atoms with Gasteiger partial charge in [-0.15, -0.1) is 0 Å². The minimum Gasteiger partial charge on any atom is -0.370 e. The van der Waals surface area contributed by atoms with Crippen LogP contribution < -0.4 is 5.32 Å². The zero-order valence-electron chi connectivity index (χ0n) is 8.47. The Balaban J connectivity index is 2.30. The molecule has 1 aliphatic rings. The van der Waals surface area contributed by atoms with Gasteiger partial charge < -0.3 is 10.1 Å². The van der Waals surface area contributed by atoms with Gasteiger partial charge in [-0.3, -0.25) is 0 Å². The van der Waals surface area contributed by atoms with Crippen LogP contribution in [0, 0.1) is 11.6 Å². The van der Waals surface area contributed by atoms with E-state index in [1.54, 1.807) is 0 Å². The van der Waals surface area contributed by atoms with E-state index in [1.807, 2.05) is 6.92 Å². The lowest BCUT2D eigenvalue weighted by atomic mass is 10.0. The van der Waals surface area contributed by atoms with Crippen molar-refractivity contribution in [1.29, 1.82) is 0 Å². The Kier molecular flexibility index (Phi) is 2.98. The molecule has 2 nitrogen and oxygen atoms in total. The van der Waals surface area contributed by atoms with E-state index in [1.165, 1.54) is 6.07 Å². The first-order valence-corrected chi connectivity index (χ1v) is 4.98. The van der Waals surface area contributed by atoms with Gasteiger partial charge >= 0.3 is 0 Å². The summed E-state index contributed by atoms with van der Waals surface area (Å²) in [4.78, 5) is 0. The third-order valence-electron chi connectivity index (χ3n) is 2.58. The van der Waals surface area contributed by atoms with E-state index < -0.39 is 17.7 Å². The smallest absolute Gasteiger partial charge is 0.129 e. The number of ether oxygens (including phenoxy) is 1. The number of halogens is 2. The molecular weight excluding hydrogens is 200 g/mol. The first-order chi connectivity index (χ1) is 7.18. The summed E-state index contributed by atoms with van der Waals surface area (Å²) in [6.07, 6.45) is -0.408. The maximum atomic E-state index is 13.5. The topological polar surface area (TPSA) is 21.3 Å². The SMILES string of the molecule is CC1NCCOC1c1cc(F)ccc1F. The summed E-state index contributed by atoms with van der Waals surface area (Å²) in [5.74, 6) is -0.857. The Labute approximate surface area is 87.2 Å². The zero-order valence-corrected chi connectivity index (χ0v) is 8.47. The Morgan fingerprint density at radius 3 is 2.93 bits per heavy atom.